The summed E-state index contributed by atoms with van der Waals surface area (Å²) in [7, 11) is -3.59. The zero-order valence-electron chi connectivity index (χ0n) is 15.5. The van der Waals surface area contributed by atoms with Crippen LogP contribution >= 0.6 is 23.7 Å². The highest BCUT2D eigenvalue weighted by molar-refractivity contribution is 7.94. The van der Waals surface area contributed by atoms with Crippen molar-refractivity contribution in [3.05, 3.63) is 42.0 Å². The highest BCUT2D eigenvalue weighted by atomic mass is 35.5. The van der Waals surface area contributed by atoms with Gasteiger partial charge in [-0.25, -0.2) is 8.42 Å². The third-order valence-corrected chi connectivity index (χ3v) is 7.97. The van der Waals surface area contributed by atoms with Gasteiger partial charge in [0.2, 0.25) is 0 Å². The standard InChI is InChI=1S/C19H23N3O3S2.ClH/c1-2-19(7-4-8-21-19)13-20-16-12-15(11-14-6-9-25-18(14)16)22-27(23,24)17-5-3-10-26-17;/h3,5-6,9-12,20-22H,2,4,7-8,13H2,1H3;1H/t19-;/m1./s1. The highest BCUT2D eigenvalue weighted by Gasteiger charge is 2.31. The Labute approximate surface area is 175 Å². The molecule has 1 atom stereocenters. The molecule has 2 aromatic heterocycles. The van der Waals surface area contributed by atoms with Crippen LogP contribution in [0.3, 0.4) is 0 Å². The van der Waals surface area contributed by atoms with E-state index in [2.05, 4.69) is 22.3 Å². The molecule has 9 heteroatoms. The minimum absolute atomic E-state index is 0. The number of halogens is 1. The van der Waals surface area contributed by atoms with Gasteiger partial charge in [0.1, 0.15) is 4.21 Å². The summed E-state index contributed by atoms with van der Waals surface area (Å²) in [4.78, 5) is 0. The molecule has 0 aliphatic carbocycles. The maximum Gasteiger partial charge on any atom is 0.271 e. The first-order valence-corrected chi connectivity index (χ1v) is 11.4. The second-order valence-electron chi connectivity index (χ2n) is 6.92. The molecule has 0 unspecified atom stereocenters. The Hall–Kier alpha value is -1.74. The Morgan fingerprint density at radius 3 is 2.86 bits per heavy atom. The molecule has 1 saturated heterocycles. The van der Waals surface area contributed by atoms with Crippen LogP contribution in [0.25, 0.3) is 11.0 Å². The van der Waals surface area contributed by atoms with Crippen LogP contribution in [0.15, 0.2) is 50.6 Å². The lowest BCUT2D eigenvalue weighted by atomic mass is 9.94. The fourth-order valence-electron chi connectivity index (χ4n) is 3.60. The molecule has 0 saturated carbocycles. The van der Waals surface area contributed by atoms with Crippen molar-refractivity contribution in [1.82, 2.24) is 5.32 Å². The molecule has 1 aliphatic rings. The van der Waals surface area contributed by atoms with Gasteiger partial charge in [-0.3, -0.25) is 4.72 Å². The number of anilines is 2. The lowest BCUT2D eigenvalue weighted by molar-refractivity contribution is 0.383. The summed E-state index contributed by atoms with van der Waals surface area (Å²) in [6, 6.07) is 8.75. The highest BCUT2D eigenvalue weighted by Crippen LogP contribution is 2.32. The molecule has 152 valence electrons. The summed E-state index contributed by atoms with van der Waals surface area (Å²) in [5.74, 6) is 0. The van der Waals surface area contributed by atoms with Gasteiger partial charge in [0.25, 0.3) is 10.0 Å². The van der Waals surface area contributed by atoms with E-state index in [1.165, 1.54) is 17.8 Å². The molecule has 28 heavy (non-hydrogen) atoms. The van der Waals surface area contributed by atoms with Crippen molar-refractivity contribution in [2.24, 2.45) is 0 Å². The van der Waals surface area contributed by atoms with Gasteiger partial charge in [-0.05, 0) is 55.5 Å². The van der Waals surface area contributed by atoms with Crippen molar-refractivity contribution >= 4 is 56.1 Å². The normalized spacial score (nSPS) is 19.5. The van der Waals surface area contributed by atoms with E-state index in [1.54, 1.807) is 35.9 Å². The number of hydrogen-bond acceptors (Lipinski definition) is 6. The molecule has 0 radical (unpaired) electrons. The van der Waals surface area contributed by atoms with E-state index in [1.807, 2.05) is 6.07 Å². The van der Waals surface area contributed by atoms with Gasteiger partial charge < -0.3 is 15.1 Å². The predicted octanol–water partition coefficient (Wildman–Crippen LogP) is 4.66. The number of hydrogen-bond donors (Lipinski definition) is 3. The molecule has 6 nitrogen and oxygen atoms in total. The fourth-order valence-corrected chi connectivity index (χ4v) is 5.64. The largest absolute Gasteiger partial charge is 0.462 e. The number of rotatable bonds is 7. The summed E-state index contributed by atoms with van der Waals surface area (Å²) in [6.07, 6.45) is 4.96. The van der Waals surface area contributed by atoms with Gasteiger partial charge in [-0.1, -0.05) is 13.0 Å². The molecule has 3 heterocycles. The maximum absolute atomic E-state index is 12.6. The Morgan fingerprint density at radius 2 is 2.18 bits per heavy atom. The Balaban J connectivity index is 0.00000225. The Morgan fingerprint density at radius 1 is 1.32 bits per heavy atom. The Bertz CT molecular complexity index is 1030. The summed E-state index contributed by atoms with van der Waals surface area (Å²) in [5.41, 5.74) is 2.12. The van der Waals surface area contributed by atoms with E-state index < -0.39 is 10.0 Å². The summed E-state index contributed by atoms with van der Waals surface area (Å²) >= 11 is 1.20. The molecule has 3 aromatic rings. The second-order valence-corrected chi connectivity index (χ2v) is 9.78. The van der Waals surface area contributed by atoms with Crippen LogP contribution < -0.4 is 15.4 Å². The zero-order valence-corrected chi connectivity index (χ0v) is 18.0. The molecule has 0 bridgehead atoms. The third kappa shape index (κ3) is 4.15. The third-order valence-electron chi connectivity index (χ3n) is 5.19. The van der Waals surface area contributed by atoms with E-state index in [0.717, 1.165) is 42.6 Å². The molecule has 0 amide bonds. The van der Waals surface area contributed by atoms with Gasteiger partial charge in [0, 0.05) is 17.5 Å². The summed E-state index contributed by atoms with van der Waals surface area (Å²) < 4.78 is 33.7. The van der Waals surface area contributed by atoms with E-state index in [4.69, 9.17) is 4.42 Å². The molecule has 1 aliphatic heterocycles. The lowest BCUT2D eigenvalue weighted by Crippen LogP contribution is -2.45. The number of nitrogens with one attached hydrogen (secondary N) is 3. The topological polar surface area (TPSA) is 83.4 Å². The van der Waals surface area contributed by atoms with Gasteiger partial charge in [0.05, 0.1) is 17.6 Å². The van der Waals surface area contributed by atoms with E-state index >= 15 is 0 Å². The predicted molar refractivity (Wildman–Crippen MR) is 117 cm³/mol. The van der Waals surface area contributed by atoms with Crippen LogP contribution in [0.5, 0.6) is 0 Å². The molecule has 1 fully saturated rings. The molecule has 4 rings (SSSR count). The van der Waals surface area contributed by atoms with Crippen molar-refractivity contribution in [2.45, 2.75) is 35.9 Å². The first kappa shape index (κ1) is 21.0. The smallest absolute Gasteiger partial charge is 0.271 e. The first-order valence-electron chi connectivity index (χ1n) is 9.08. The second kappa shape index (κ2) is 8.32. The van der Waals surface area contributed by atoms with Gasteiger partial charge in [-0.2, -0.15) is 0 Å². The van der Waals surface area contributed by atoms with Crippen molar-refractivity contribution in [3.8, 4) is 0 Å². The van der Waals surface area contributed by atoms with Crippen molar-refractivity contribution in [2.75, 3.05) is 23.1 Å². The van der Waals surface area contributed by atoms with Crippen molar-refractivity contribution in [3.63, 3.8) is 0 Å². The van der Waals surface area contributed by atoms with Gasteiger partial charge in [-0.15, -0.1) is 23.7 Å². The first-order chi connectivity index (χ1) is 13.0. The molecular formula is C19H24ClN3O3S2. The van der Waals surface area contributed by atoms with Crippen LogP contribution in [-0.4, -0.2) is 27.0 Å². The van der Waals surface area contributed by atoms with Crippen LogP contribution in [0.1, 0.15) is 26.2 Å². The zero-order chi connectivity index (χ0) is 18.9. The van der Waals surface area contributed by atoms with Gasteiger partial charge >= 0.3 is 0 Å². The molecule has 3 N–H and O–H groups in total. The average Bonchev–Trinajstić information content (AvgIpc) is 3.40. The number of furan rings is 1. The molecule has 1 aromatic carbocycles. The Kier molecular flexibility index (Phi) is 6.24. The number of sulfonamides is 1. The van der Waals surface area contributed by atoms with Crippen LogP contribution in [0.4, 0.5) is 11.4 Å². The number of fused-ring (bicyclic) bond motifs is 1. The van der Waals surface area contributed by atoms with Crippen molar-refractivity contribution in [1.29, 1.82) is 0 Å². The maximum atomic E-state index is 12.6. The van der Waals surface area contributed by atoms with E-state index in [0.29, 0.717) is 9.90 Å². The van der Waals surface area contributed by atoms with E-state index in [-0.39, 0.29) is 17.9 Å². The van der Waals surface area contributed by atoms with E-state index in [9.17, 15) is 8.42 Å². The molecular weight excluding hydrogens is 418 g/mol. The van der Waals surface area contributed by atoms with Gasteiger partial charge in [0.15, 0.2) is 5.58 Å². The number of thiophene rings is 1. The average molecular weight is 442 g/mol. The SMILES string of the molecule is CC[C@]1(CNc2cc(NS(=O)(=O)c3cccs3)cc3ccoc23)CCCN1.Cl. The van der Waals surface area contributed by atoms with Crippen LogP contribution in [0.2, 0.25) is 0 Å². The minimum atomic E-state index is -3.59. The number of benzene rings is 1. The monoisotopic (exact) mass is 441 g/mol. The minimum Gasteiger partial charge on any atom is -0.462 e. The summed E-state index contributed by atoms with van der Waals surface area (Å²) in [5, 5.41) is 9.68. The lowest BCUT2D eigenvalue weighted by Gasteiger charge is -2.29. The van der Waals surface area contributed by atoms with Crippen LogP contribution in [-0.2, 0) is 10.0 Å². The quantitative estimate of drug-likeness (QED) is 0.496. The van der Waals surface area contributed by atoms with Crippen molar-refractivity contribution < 1.29 is 12.8 Å². The molecule has 0 spiro atoms. The summed E-state index contributed by atoms with van der Waals surface area (Å²) in [6.45, 7) is 3.99. The van der Waals surface area contributed by atoms with Crippen LogP contribution in [0, 0.1) is 0 Å². The fraction of sp³-hybridized carbons (Fsp3) is 0.368.